The van der Waals surface area contributed by atoms with Crippen LogP contribution in [0, 0.1) is 12.7 Å². The highest BCUT2D eigenvalue weighted by Crippen LogP contribution is 2.24. The zero-order valence-electron chi connectivity index (χ0n) is 9.83. The molecule has 2 rings (SSSR count). The lowest BCUT2D eigenvalue weighted by molar-refractivity contribution is 0.101. The molecule has 0 N–H and O–H groups in total. The first-order valence-electron chi connectivity index (χ1n) is 5.46. The zero-order valence-corrected chi connectivity index (χ0v) is 9.83. The molecule has 0 heterocycles. The van der Waals surface area contributed by atoms with Crippen LogP contribution in [-0.2, 0) is 0 Å². The molecule has 86 valence electrons. The molecule has 0 atom stereocenters. The van der Waals surface area contributed by atoms with Crippen molar-refractivity contribution < 1.29 is 9.18 Å². The van der Waals surface area contributed by atoms with Crippen molar-refractivity contribution in [2.24, 2.45) is 0 Å². The number of halogens is 1. The van der Waals surface area contributed by atoms with Gasteiger partial charge in [-0.25, -0.2) is 4.39 Å². The van der Waals surface area contributed by atoms with E-state index < -0.39 is 5.82 Å². The Bertz CT molecular complexity index is 559. The highest BCUT2D eigenvalue weighted by atomic mass is 19.1. The second-order valence-corrected chi connectivity index (χ2v) is 4.08. The first-order chi connectivity index (χ1) is 8.09. The normalized spacial score (nSPS) is 10.3. The predicted octanol–water partition coefficient (Wildman–Crippen LogP) is 4.00. The van der Waals surface area contributed by atoms with E-state index in [1.807, 2.05) is 30.3 Å². The molecule has 0 bridgehead atoms. The molecule has 0 saturated carbocycles. The monoisotopic (exact) mass is 228 g/mol. The number of carbonyl (C=O) groups excluding carboxylic acids is 1. The van der Waals surface area contributed by atoms with Gasteiger partial charge in [-0.2, -0.15) is 0 Å². The van der Waals surface area contributed by atoms with Gasteiger partial charge in [0.15, 0.2) is 5.78 Å². The Balaban J connectivity index is 2.61. The van der Waals surface area contributed by atoms with Crippen molar-refractivity contribution in [3.8, 4) is 11.1 Å². The summed E-state index contributed by atoms with van der Waals surface area (Å²) in [5.41, 5.74) is 2.51. The van der Waals surface area contributed by atoms with Gasteiger partial charge in [-0.1, -0.05) is 30.3 Å². The summed E-state index contributed by atoms with van der Waals surface area (Å²) in [5.74, 6) is -0.666. The molecule has 0 spiro atoms. The first kappa shape index (κ1) is 11.5. The molecule has 2 heteroatoms. The van der Waals surface area contributed by atoms with E-state index in [4.69, 9.17) is 0 Å². The largest absolute Gasteiger partial charge is 0.294 e. The van der Waals surface area contributed by atoms with Crippen LogP contribution in [0.5, 0.6) is 0 Å². The van der Waals surface area contributed by atoms with Gasteiger partial charge in [-0.3, -0.25) is 4.79 Å². The predicted molar refractivity (Wildman–Crippen MR) is 66.6 cm³/mol. The van der Waals surface area contributed by atoms with Crippen molar-refractivity contribution in [2.45, 2.75) is 13.8 Å². The van der Waals surface area contributed by atoms with Crippen LogP contribution in [0.4, 0.5) is 4.39 Å². The van der Waals surface area contributed by atoms with Crippen LogP contribution in [-0.4, -0.2) is 5.78 Å². The average molecular weight is 228 g/mol. The molecule has 0 fully saturated rings. The summed E-state index contributed by atoms with van der Waals surface area (Å²) in [6, 6.07) is 13.0. The summed E-state index contributed by atoms with van der Waals surface area (Å²) in [6.45, 7) is 3.06. The fourth-order valence-corrected chi connectivity index (χ4v) is 1.82. The van der Waals surface area contributed by atoms with E-state index in [1.54, 1.807) is 19.1 Å². The van der Waals surface area contributed by atoms with Gasteiger partial charge in [-0.15, -0.1) is 0 Å². The van der Waals surface area contributed by atoms with Gasteiger partial charge in [0, 0.05) is 0 Å². The van der Waals surface area contributed by atoms with Crippen LogP contribution in [0.1, 0.15) is 22.8 Å². The van der Waals surface area contributed by atoms with Gasteiger partial charge in [0.2, 0.25) is 0 Å². The molecule has 17 heavy (non-hydrogen) atoms. The van der Waals surface area contributed by atoms with Crippen LogP contribution < -0.4 is 0 Å². The van der Waals surface area contributed by atoms with Crippen LogP contribution >= 0.6 is 0 Å². The van der Waals surface area contributed by atoms with E-state index in [0.29, 0.717) is 5.56 Å². The smallest absolute Gasteiger partial charge is 0.162 e. The number of ketones is 1. The summed E-state index contributed by atoms with van der Waals surface area (Å²) in [6.07, 6.45) is 0. The van der Waals surface area contributed by atoms with Crippen molar-refractivity contribution >= 4 is 5.78 Å². The quantitative estimate of drug-likeness (QED) is 0.710. The minimum Gasteiger partial charge on any atom is -0.294 e. The average Bonchev–Trinajstić information content (AvgIpc) is 2.33. The van der Waals surface area contributed by atoms with Crippen LogP contribution in [0.15, 0.2) is 42.5 Å². The summed E-state index contributed by atoms with van der Waals surface area (Å²) < 4.78 is 13.7. The van der Waals surface area contributed by atoms with E-state index in [0.717, 1.165) is 11.1 Å². The molecule has 0 saturated heterocycles. The molecule has 0 aromatic heterocycles. The topological polar surface area (TPSA) is 17.1 Å². The summed E-state index contributed by atoms with van der Waals surface area (Å²) >= 11 is 0. The molecule has 2 aromatic rings. The number of benzene rings is 2. The standard InChI is InChI=1S/C15H13FO/c1-10-8-13(12-6-4-3-5-7-12)9-14(11(2)17)15(10)16/h3-9H,1-2H3. The third-order valence-electron chi connectivity index (χ3n) is 2.74. The van der Waals surface area contributed by atoms with Gasteiger partial charge in [0.25, 0.3) is 0 Å². The first-order valence-corrected chi connectivity index (χ1v) is 5.46. The summed E-state index contributed by atoms with van der Waals surface area (Å²) in [7, 11) is 0. The number of hydrogen-bond donors (Lipinski definition) is 0. The van der Waals surface area contributed by atoms with Crippen molar-refractivity contribution in [1.29, 1.82) is 0 Å². The van der Waals surface area contributed by atoms with E-state index >= 15 is 0 Å². The minimum atomic E-state index is -0.419. The Morgan fingerprint density at radius 2 is 1.71 bits per heavy atom. The summed E-state index contributed by atoms with van der Waals surface area (Å²) in [4.78, 5) is 11.4. The van der Waals surface area contributed by atoms with E-state index in [9.17, 15) is 9.18 Å². The number of aryl methyl sites for hydroxylation is 1. The second kappa shape index (κ2) is 4.50. The zero-order chi connectivity index (χ0) is 12.4. The van der Waals surface area contributed by atoms with Gasteiger partial charge in [0.05, 0.1) is 5.56 Å². The third kappa shape index (κ3) is 2.26. The van der Waals surface area contributed by atoms with Gasteiger partial charge in [-0.05, 0) is 42.7 Å². The molecule has 0 aliphatic carbocycles. The maximum Gasteiger partial charge on any atom is 0.162 e. The maximum absolute atomic E-state index is 13.7. The molecule has 0 aliphatic heterocycles. The molecule has 0 amide bonds. The molecular weight excluding hydrogens is 215 g/mol. The lowest BCUT2D eigenvalue weighted by atomic mass is 9.98. The Morgan fingerprint density at radius 3 is 2.29 bits per heavy atom. The lowest BCUT2D eigenvalue weighted by Gasteiger charge is -2.07. The fraction of sp³-hybridized carbons (Fsp3) is 0.133. The number of hydrogen-bond acceptors (Lipinski definition) is 1. The van der Waals surface area contributed by atoms with Crippen LogP contribution in [0.2, 0.25) is 0 Å². The fourth-order valence-electron chi connectivity index (χ4n) is 1.82. The molecule has 2 aromatic carbocycles. The van der Waals surface area contributed by atoms with Gasteiger partial charge in [0.1, 0.15) is 5.82 Å². The van der Waals surface area contributed by atoms with E-state index in [1.165, 1.54) is 6.92 Å². The molecule has 0 radical (unpaired) electrons. The Hall–Kier alpha value is -1.96. The van der Waals surface area contributed by atoms with E-state index in [-0.39, 0.29) is 11.3 Å². The van der Waals surface area contributed by atoms with Crippen molar-refractivity contribution in [3.05, 3.63) is 59.4 Å². The van der Waals surface area contributed by atoms with Crippen LogP contribution in [0.3, 0.4) is 0 Å². The van der Waals surface area contributed by atoms with Crippen molar-refractivity contribution in [2.75, 3.05) is 0 Å². The van der Waals surface area contributed by atoms with E-state index in [2.05, 4.69) is 0 Å². The maximum atomic E-state index is 13.7. The lowest BCUT2D eigenvalue weighted by Crippen LogP contribution is -2.00. The summed E-state index contributed by atoms with van der Waals surface area (Å²) in [5, 5.41) is 0. The highest BCUT2D eigenvalue weighted by Gasteiger charge is 2.12. The number of Topliss-reactive ketones (excluding diaryl/α,β-unsaturated/α-hetero) is 1. The third-order valence-corrected chi connectivity index (χ3v) is 2.74. The Kier molecular flexibility index (Phi) is 3.05. The molecular formula is C15H13FO. The Labute approximate surface area is 99.9 Å². The SMILES string of the molecule is CC(=O)c1cc(-c2ccccc2)cc(C)c1F. The minimum absolute atomic E-state index is 0.156. The van der Waals surface area contributed by atoms with Crippen molar-refractivity contribution in [3.63, 3.8) is 0 Å². The van der Waals surface area contributed by atoms with Gasteiger partial charge >= 0.3 is 0 Å². The second-order valence-electron chi connectivity index (χ2n) is 4.08. The number of rotatable bonds is 2. The van der Waals surface area contributed by atoms with Crippen molar-refractivity contribution in [1.82, 2.24) is 0 Å². The molecule has 1 nitrogen and oxygen atoms in total. The highest BCUT2D eigenvalue weighted by molar-refractivity contribution is 5.96. The number of carbonyl (C=O) groups is 1. The Morgan fingerprint density at radius 1 is 1.06 bits per heavy atom. The van der Waals surface area contributed by atoms with Gasteiger partial charge < -0.3 is 0 Å². The van der Waals surface area contributed by atoms with Crippen LogP contribution in [0.25, 0.3) is 11.1 Å². The molecule has 0 aliphatic rings. The molecule has 0 unspecified atom stereocenters.